The van der Waals surface area contributed by atoms with Gasteiger partial charge in [-0.25, -0.2) is 4.98 Å². The number of carbonyl (C=O) groups is 2. The van der Waals surface area contributed by atoms with E-state index in [1.807, 2.05) is 0 Å². The van der Waals surface area contributed by atoms with Crippen molar-refractivity contribution in [1.82, 2.24) is 15.2 Å². The van der Waals surface area contributed by atoms with Gasteiger partial charge in [-0.1, -0.05) is 11.8 Å². The van der Waals surface area contributed by atoms with E-state index < -0.39 is 28.8 Å². The number of hydrogen-bond acceptors (Lipinski definition) is 5. The van der Waals surface area contributed by atoms with Crippen LogP contribution in [-0.4, -0.2) is 38.8 Å². The van der Waals surface area contributed by atoms with Crippen molar-refractivity contribution in [2.45, 2.75) is 30.4 Å². The van der Waals surface area contributed by atoms with Crippen LogP contribution in [0.3, 0.4) is 0 Å². The fourth-order valence-electron chi connectivity index (χ4n) is 2.47. The van der Waals surface area contributed by atoms with Crippen molar-refractivity contribution in [1.29, 1.82) is 0 Å². The molecule has 26 heavy (non-hydrogen) atoms. The third-order valence-corrected chi connectivity index (χ3v) is 4.61. The fraction of sp³-hybridized carbons (Fsp3) is 0.333. The number of H-pyrrole nitrogens is 1. The Kier molecular flexibility index (Phi) is 4.65. The van der Waals surface area contributed by atoms with Gasteiger partial charge in [0.1, 0.15) is 12.4 Å². The van der Waals surface area contributed by atoms with Gasteiger partial charge in [-0.05, 0) is 32.0 Å². The molecule has 138 valence electrons. The number of aromatic nitrogens is 3. The number of aryl methyl sites for hydroxylation is 1. The Bertz CT molecular complexity index is 867. The van der Waals surface area contributed by atoms with Crippen molar-refractivity contribution in [2.75, 3.05) is 16.8 Å². The van der Waals surface area contributed by atoms with Gasteiger partial charge in [-0.2, -0.15) is 13.2 Å². The summed E-state index contributed by atoms with van der Waals surface area (Å²) in [5.74, 6) is -0.390. The first kappa shape index (κ1) is 18.2. The molecular formula is C15H14F3N5O2S. The molecule has 1 aliphatic rings. The SMILES string of the molecule is Cc1nc(S[C@@H](C)C(=O)N2CC(=O)Nc3cc(C(F)(F)F)ccc32)n[nH]1. The molecule has 0 unspecified atom stereocenters. The van der Waals surface area contributed by atoms with Crippen LogP contribution >= 0.6 is 11.8 Å². The largest absolute Gasteiger partial charge is 0.416 e. The Morgan fingerprint density at radius 1 is 1.38 bits per heavy atom. The second-order valence-electron chi connectivity index (χ2n) is 5.67. The molecule has 0 bridgehead atoms. The molecule has 2 amide bonds. The Labute approximate surface area is 150 Å². The zero-order valence-electron chi connectivity index (χ0n) is 13.7. The van der Waals surface area contributed by atoms with Crippen molar-refractivity contribution in [3.8, 4) is 0 Å². The standard InChI is InChI=1S/C15H14F3N5O2S/c1-7(26-14-19-8(2)21-22-14)13(25)23-6-12(24)20-10-5-9(15(16,17)18)3-4-11(10)23/h3-5,7H,6H2,1-2H3,(H,20,24)(H,19,21,22)/t7-/m0/s1. The van der Waals surface area contributed by atoms with Crippen LogP contribution in [0.25, 0.3) is 0 Å². The molecular weight excluding hydrogens is 371 g/mol. The van der Waals surface area contributed by atoms with E-state index in [0.717, 1.165) is 23.9 Å². The number of carbonyl (C=O) groups excluding carboxylic acids is 2. The number of halogens is 3. The number of hydrogen-bond donors (Lipinski definition) is 2. The minimum atomic E-state index is -4.54. The summed E-state index contributed by atoms with van der Waals surface area (Å²) in [5.41, 5.74) is -0.721. The third kappa shape index (κ3) is 3.66. The molecule has 1 atom stereocenters. The highest BCUT2D eigenvalue weighted by atomic mass is 32.2. The van der Waals surface area contributed by atoms with E-state index in [4.69, 9.17) is 0 Å². The second kappa shape index (κ2) is 6.63. The number of thioether (sulfide) groups is 1. The van der Waals surface area contributed by atoms with Crippen LogP contribution in [0.2, 0.25) is 0 Å². The van der Waals surface area contributed by atoms with Gasteiger partial charge in [0, 0.05) is 0 Å². The van der Waals surface area contributed by atoms with E-state index in [2.05, 4.69) is 20.5 Å². The van der Waals surface area contributed by atoms with Crippen molar-refractivity contribution in [3.05, 3.63) is 29.6 Å². The summed E-state index contributed by atoms with van der Waals surface area (Å²) in [6.45, 7) is 3.07. The Balaban J connectivity index is 1.86. The topological polar surface area (TPSA) is 91.0 Å². The summed E-state index contributed by atoms with van der Waals surface area (Å²) in [7, 11) is 0. The molecule has 0 saturated heterocycles. The van der Waals surface area contributed by atoms with E-state index in [0.29, 0.717) is 11.0 Å². The van der Waals surface area contributed by atoms with Crippen LogP contribution in [-0.2, 0) is 15.8 Å². The first-order chi connectivity index (χ1) is 12.1. The molecule has 1 aromatic heterocycles. The van der Waals surface area contributed by atoms with Crippen LogP contribution in [0.5, 0.6) is 0 Å². The highest BCUT2D eigenvalue weighted by molar-refractivity contribution is 8.00. The summed E-state index contributed by atoms with van der Waals surface area (Å²) < 4.78 is 38.6. The molecule has 2 heterocycles. The highest BCUT2D eigenvalue weighted by Crippen LogP contribution is 2.37. The van der Waals surface area contributed by atoms with Crippen molar-refractivity contribution >= 4 is 35.0 Å². The van der Waals surface area contributed by atoms with Crippen LogP contribution in [0.1, 0.15) is 18.3 Å². The molecule has 1 aliphatic heterocycles. The van der Waals surface area contributed by atoms with Gasteiger partial charge in [-0.3, -0.25) is 19.6 Å². The summed E-state index contributed by atoms with van der Waals surface area (Å²) in [6, 6.07) is 2.89. The van der Waals surface area contributed by atoms with Gasteiger partial charge in [0.2, 0.25) is 17.0 Å². The first-order valence-corrected chi connectivity index (χ1v) is 8.41. The van der Waals surface area contributed by atoms with E-state index in [1.165, 1.54) is 11.0 Å². The van der Waals surface area contributed by atoms with E-state index in [1.54, 1.807) is 13.8 Å². The van der Waals surface area contributed by atoms with Crippen LogP contribution in [0, 0.1) is 6.92 Å². The number of benzene rings is 1. The maximum Gasteiger partial charge on any atom is 0.416 e. The molecule has 3 rings (SSSR count). The molecule has 7 nitrogen and oxygen atoms in total. The zero-order valence-corrected chi connectivity index (χ0v) is 14.5. The summed E-state index contributed by atoms with van der Waals surface area (Å²) in [4.78, 5) is 29.9. The average molecular weight is 385 g/mol. The molecule has 11 heteroatoms. The predicted molar refractivity (Wildman–Crippen MR) is 88.9 cm³/mol. The lowest BCUT2D eigenvalue weighted by Gasteiger charge is -2.31. The number of nitrogens with one attached hydrogen (secondary N) is 2. The Morgan fingerprint density at radius 3 is 2.73 bits per heavy atom. The van der Waals surface area contributed by atoms with Crippen molar-refractivity contribution in [2.24, 2.45) is 0 Å². The number of amides is 2. The maximum atomic E-state index is 12.9. The lowest BCUT2D eigenvalue weighted by molar-refractivity contribution is -0.137. The maximum absolute atomic E-state index is 12.9. The van der Waals surface area contributed by atoms with Crippen molar-refractivity contribution < 1.29 is 22.8 Å². The smallest absolute Gasteiger partial charge is 0.323 e. The first-order valence-electron chi connectivity index (χ1n) is 7.53. The predicted octanol–water partition coefficient (Wildman–Crippen LogP) is 2.60. The molecule has 0 saturated carbocycles. The lowest BCUT2D eigenvalue weighted by Crippen LogP contribution is -2.45. The Morgan fingerprint density at radius 2 is 2.12 bits per heavy atom. The number of anilines is 2. The molecule has 0 aliphatic carbocycles. The molecule has 0 spiro atoms. The fourth-order valence-corrected chi connectivity index (χ4v) is 3.30. The van der Waals surface area contributed by atoms with E-state index >= 15 is 0 Å². The molecule has 2 N–H and O–H groups in total. The van der Waals surface area contributed by atoms with Crippen LogP contribution in [0.15, 0.2) is 23.4 Å². The summed E-state index contributed by atoms with van der Waals surface area (Å²) >= 11 is 1.09. The quantitative estimate of drug-likeness (QED) is 0.793. The third-order valence-electron chi connectivity index (χ3n) is 3.66. The lowest BCUT2D eigenvalue weighted by atomic mass is 10.1. The minimum Gasteiger partial charge on any atom is -0.323 e. The van der Waals surface area contributed by atoms with Crippen LogP contribution < -0.4 is 10.2 Å². The molecule has 0 fully saturated rings. The van der Waals surface area contributed by atoms with Gasteiger partial charge in [0.25, 0.3) is 0 Å². The van der Waals surface area contributed by atoms with Gasteiger partial charge < -0.3 is 5.32 Å². The minimum absolute atomic E-state index is 0.0460. The second-order valence-corrected chi connectivity index (χ2v) is 6.97. The van der Waals surface area contributed by atoms with Gasteiger partial charge in [-0.15, -0.1) is 5.10 Å². The number of nitrogens with zero attached hydrogens (tertiary/aromatic N) is 3. The zero-order chi connectivity index (χ0) is 19.1. The summed E-state index contributed by atoms with van der Waals surface area (Å²) in [5, 5.41) is 8.71. The van der Waals surface area contributed by atoms with Crippen LogP contribution in [0.4, 0.5) is 24.5 Å². The number of alkyl halides is 3. The van der Waals surface area contributed by atoms with E-state index in [-0.39, 0.29) is 17.9 Å². The highest BCUT2D eigenvalue weighted by Gasteiger charge is 2.35. The molecule has 0 radical (unpaired) electrons. The molecule has 2 aromatic rings. The normalized spacial score (nSPS) is 15.4. The number of rotatable bonds is 3. The number of fused-ring (bicyclic) bond motifs is 1. The van der Waals surface area contributed by atoms with Gasteiger partial charge in [0.15, 0.2) is 0 Å². The molecule has 1 aromatic carbocycles. The average Bonchev–Trinajstić information content (AvgIpc) is 2.96. The monoisotopic (exact) mass is 385 g/mol. The number of aromatic amines is 1. The summed E-state index contributed by atoms with van der Waals surface area (Å²) in [6.07, 6.45) is -4.54. The van der Waals surface area contributed by atoms with Gasteiger partial charge in [0.05, 0.1) is 22.2 Å². The van der Waals surface area contributed by atoms with Crippen molar-refractivity contribution in [3.63, 3.8) is 0 Å². The van der Waals surface area contributed by atoms with Gasteiger partial charge >= 0.3 is 6.18 Å². The Hall–Kier alpha value is -2.56. The van der Waals surface area contributed by atoms with E-state index in [9.17, 15) is 22.8 Å².